The van der Waals surface area contributed by atoms with E-state index < -0.39 is 11.6 Å². The van der Waals surface area contributed by atoms with Crippen LogP contribution in [0.25, 0.3) is 11.1 Å². The highest BCUT2D eigenvalue weighted by molar-refractivity contribution is 5.67. The van der Waals surface area contributed by atoms with Crippen molar-refractivity contribution >= 4 is 5.69 Å². The van der Waals surface area contributed by atoms with E-state index in [1.165, 1.54) is 12.1 Å². The molecule has 0 aromatic heterocycles. The van der Waals surface area contributed by atoms with Gasteiger partial charge in [-0.25, -0.2) is 8.78 Å². The zero-order valence-corrected chi connectivity index (χ0v) is 7.87. The molecule has 0 amide bonds. The molecule has 0 unspecified atom stereocenters. The second-order valence-electron chi connectivity index (χ2n) is 3.28. The van der Waals surface area contributed by atoms with Crippen LogP contribution in [0.15, 0.2) is 42.5 Å². The van der Waals surface area contributed by atoms with Crippen molar-refractivity contribution in [3.8, 4) is 11.1 Å². The van der Waals surface area contributed by atoms with Crippen molar-refractivity contribution in [2.75, 3.05) is 5.73 Å². The van der Waals surface area contributed by atoms with Gasteiger partial charge in [-0.2, -0.15) is 0 Å². The summed E-state index contributed by atoms with van der Waals surface area (Å²) in [6, 6.07) is 10.3. The molecule has 2 aromatic rings. The van der Waals surface area contributed by atoms with Crippen LogP contribution < -0.4 is 5.73 Å². The maximum absolute atomic E-state index is 12.9. The summed E-state index contributed by atoms with van der Waals surface area (Å²) in [4.78, 5) is 0. The number of nitrogen functional groups attached to an aromatic ring is 1. The molecule has 0 aliphatic heterocycles. The lowest BCUT2D eigenvalue weighted by atomic mass is 10.1. The van der Waals surface area contributed by atoms with Gasteiger partial charge in [-0.15, -0.1) is 0 Å². The van der Waals surface area contributed by atoms with Crippen molar-refractivity contribution < 1.29 is 8.78 Å². The summed E-state index contributed by atoms with van der Waals surface area (Å²) in [7, 11) is 0. The second kappa shape index (κ2) is 3.69. The fraction of sp³-hybridized carbons (Fsp3) is 0. The van der Waals surface area contributed by atoms with Gasteiger partial charge in [0.05, 0.1) is 0 Å². The van der Waals surface area contributed by atoms with E-state index in [1.807, 2.05) is 0 Å². The molecule has 0 heterocycles. The highest BCUT2D eigenvalue weighted by Gasteiger charge is 2.02. The average molecular weight is 205 g/mol. The van der Waals surface area contributed by atoms with Gasteiger partial charge in [-0.05, 0) is 35.4 Å². The normalized spacial score (nSPS) is 10.3. The van der Waals surface area contributed by atoms with E-state index in [4.69, 9.17) is 5.73 Å². The number of hydrogen-bond acceptors (Lipinski definition) is 1. The molecule has 0 fully saturated rings. The molecule has 0 atom stereocenters. The summed E-state index contributed by atoms with van der Waals surface area (Å²) >= 11 is 0. The molecule has 2 aromatic carbocycles. The number of anilines is 1. The molecule has 0 bridgehead atoms. The van der Waals surface area contributed by atoms with Gasteiger partial charge in [0.15, 0.2) is 0 Å². The van der Waals surface area contributed by atoms with Crippen molar-refractivity contribution in [3.05, 3.63) is 54.1 Å². The van der Waals surface area contributed by atoms with Crippen molar-refractivity contribution in [3.63, 3.8) is 0 Å². The third kappa shape index (κ3) is 2.13. The summed E-state index contributed by atoms with van der Waals surface area (Å²) in [5.74, 6) is -1.18. The van der Waals surface area contributed by atoms with Gasteiger partial charge in [0.2, 0.25) is 0 Å². The molecule has 2 N–H and O–H groups in total. The minimum Gasteiger partial charge on any atom is -0.399 e. The maximum atomic E-state index is 12.9. The molecular weight excluding hydrogens is 196 g/mol. The summed E-state index contributed by atoms with van der Waals surface area (Å²) in [5, 5.41) is 0. The van der Waals surface area contributed by atoms with Crippen molar-refractivity contribution in [1.29, 1.82) is 0 Å². The Morgan fingerprint density at radius 2 is 1.47 bits per heavy atom. The van der Waals surface area contributed by atoms with E-state index in [9.17, 15) is 8.78 Å². The fourth-order valence-corrected chi connectivity index (χ4v) is 1.44. The zero-order valence-electron chi connectivity index (χ0n) is 7.87. The molecule has 2 rings (SSSR count). The van der Waals surface area contributed by atoms with Gasteiger partial charge in [0, 0.05) is 11.8 Å². The Bertz CT molecular complexity index is 474. The lowest BCUT2D eigenvalue weighted by Crippen LogP contribution is -1.87. The number of benzene rings is 2. The first kappa shape index (κ1) is 9.65. The van der Waals surface area contributed by atoms with Gasteiger partial charge >= 0.3 is 0 Å². The molecule has 0 saturated heterocycles. The Labute approximate surface area is 86.2 Å². The van der Waals surface area contributed by atoms with E-state index in [-0.39, 0.29) is 0 Å². The first-order chi connectivity index (χ1) is 7.15. The minimum absolute atomic E-state index is 0.486. The Kier molecular flexibility index (Phi) is 2.37. The second-order valence-corrected chi connectivity index (χ2v) is 3.28. The Morgan fingerprint density at radius 3 is 2.07 bits per heavy atom. The van der Waals surface area contributed by atoms with Crippen LogP contribution in [-0.4, -0.2) is 0 Å². The lowest BCUT2D eigenvalue weighted by molar-refractivity contribution is 0.584. The highest BCUT2D eigenvalue weighted by Crippen LogP contribution is 2.23. The standard InChI is InChI=1S/C12H9F2N/c13-10-4-9(5-11(14)7-10)8-2-1-3-12(15)6-8/h1-7H,15H2. The third-order valence-corrected chi connectivity index (χ3v) is 2.08. The Morgan fingerprint density at radius 1 is 0.800 bits per heavy atom. The summed E-state index contributed by atoms with van der Waals surface area (Å²) < 4.78 is 25.9. The summed E-state index contributed by atoms with van der Waals surface area (Å²) in [6.45, 7) is 0. The van der Waals surface area contributed by atoms with Crippen molar-refractivity contribution in [2.45, 2.75) is 0 Å². The van der Waals surface area contributed by atoms with E-state index in [0.29, 0.717) is 16.8 Å². The predicted molar refractivity (Wildman–Crippen MR) is 56.2 cm³/mol. The first-order valence-electron chi connectivity index (χ1n) is 4.47. The minimum atomic E-state index is -0.590. The topological polar surface area (TPSA) is 26.0 Å². The van der Waals surface area contributed by atoms with Crippen LogP contribution in [-0.2, 0) is 0 Å². The van der Waals surface area contributed by atoms with Crippen LogP contribution in [0.5, 0.6) is 0 Å². The fourth-order valence-electron chi connectivity index (χ4n) is 1.44. The Hall–Kier alpha value is -1.90. The summed E-state index contributed by atoms with van der Waals surface area (Å²) in [6.07, 6.45) is 0. The molecular formula is C12H9F2N. The number of halogens is 2. The smallest absolute Gasteiger partial charge is 0.126 e. The van der Waals surface area contributed by atoms with Crippen LogP contribution in [0, 0.1) is 11.6 Å². The van der Waals surface area contributed by atoms with E-state index in [2.05, 4.69) is 0 Å². The highest BCUT2D eigenvalue weighted by atomic mass is 19.1. The molecule has 76 valence electrons. The van der Waals surface area contributed by atoms with E-state index in [1.54, 1.807) is 24.3 Å². The summed E-state index contributed by atoms with van der Waals surface area (Å²) in [5.41, 5.74) is 7.34. The molecule has 0 radical (unpaired) electrons. The van der Waals surface area contributed by atoms with Crippen LogP contribution in [0.1, 0.15) is 0 Å². The van der Waals surface area contributed by atoms with Crippen LogP contribution in [0.4, 0.5) is 14.5 Å². The number of nitrogens with two attached hydrogens (primary N) is 1. The molecule has 0 aliphatic carbocycles. The lowest BCUT2D eigenvalue weighted by Gasteiger charge is -2.03. The van der Waals surface area contributed by atoms with Crippen LogP contribution in [0.3, 0.4) is 0 Å². The molecule has 0 saturated carbocycles. The maximum Gasteiger partial charge on any atom is 0.126 e. The molecule has 1 nitrogen and oxygen atoms in total. The van der Waals surface area contributed by atoms with E-state index in [0.717, 1.165) is 6.07 Å². The monoisotopic (exact) mass is 205 g/mol. The largest absolute Gasteiger partial charge is 0.399 e. The van der Waals surface area contributed by atoms with Crippen LogP contribution in [0.2, 0.25) is 0 Å². The molecule has 3 heteroatoms. The van der Waals surface area contributed by atoms with Gasteiger partial charge in [0.25, 0.3) is 0 Å². The quantitative estimate of drug-likeness (QED) is 0.711. The number of hydrogen-bond donors (Lipinski definition) is 1. The molecule has 0 spiro atoms. The SMILES string of the molecule is Nc1cccc(-c2cc(F)cc(F)c2)c1. The first-order valence-corrected chi connectivity index (χ1v) is 4.47. The predicted octanol–water partition coefficient (Wildman–Crippen LogP) is 3.21. The van der Waals surface area contributed by atoms with Gasteiger partial charge in [-0.3, -0.25) is 0 Å². The van der Waals surface area contributed by atoms with Crippen molar-refractivity contribution in [2.24, 2.45) is 0 Å². The van der Waals surface area contributed by atoms with Crippen molar-refractivity contribution in [1.82, 2.24) is 0 Å². The zero-order chi connectivity index (χ0) is 10.8. The van der Waals surface area contributed by atoms with Gasteiger partial charge in [-0.1, -0.05) is 12.1 Å². The van der Waals surface area contributed by atoms with Crippen LogP contribution >= 0.6 is 0 Å². The Balaban J connectivity index is 2.54. The van der Waals surface area contributed by atoms with Gasteiger partial charge < -0.3 is 5.73 Å². The number of rotatable bonds is 1. The van der Waals surface area contributed by atoms with E-state index >= 15 is 0 Å². The van der Waals surface area contributed by atoms with Gasteiger partial charge in [0.1, 0.15) is 11.6 Å². The molecule has 0 aliphatic rings. The third-order valence-electron chi connectivity index (χ3n) is 2.08. The molecule has 15 heavy (non-hydrogen) atoms. The average Bonchev–Trinajstić information content (AvgIpc) is 2.16.